The van der Waals surface area contributed by atoms with Gasteiger partial charge in [0.05, 0.1) is 42.6 Å². The van der Waals surface area contributed by atoms with E-state index in [2.05, 4.69) is 5.32 Å². The number of carboxylic acid groups (broad SMARTS) is 1. The van der Waals surface area contributed by atoms with Crippen LogP contribution < -0.4 is 5.32 Å². The predicted molar refractivity (Wildman–Crippen MR) is 162 cm³/mol. The van der Waals surface area contributed by atoms with Gasteiger partial charge in [-0.05, 0) is 43.7 Å². The molecule has 1 heterocycles. The third-order valence-electron chi connectivity index (χ3n) is 7.20. The molecule has 0 saturated heterocycles. The third-order valence-corrected chi connectivity index (χ3v) is 7.20. The summed E-state index contributed by atoms with van der Waals surface area (Å²) in [5, 5.41) is 77.4. The van der Waals surface area contributed by atoms with Crippen LogP contribution in [-0.2, 0) is 4.79 Å². The fourth-order valence-corrected chi connectivity index (χ4v) is 4.75. The number of carbonyl (C=O) groups is 1. The first-order valence-electron chi connectivity index (χ1n) is 14.4. The minimum Gasteiger partial charge on any atom is -0.481 e. The summed E-state index contributed by atoms with van der Waals surface area (Å²) in [5.41, 5.74) is 4.43. The Morgan fingerprint density at radius 1 is 1.00 bits per heavy atom. The minimum atomic E-state index is -1.55. The molecule has 0 radical (unpaired) electrons. The molecule has 0 bridgehead atoms. The first-order valence-corrected chi connectivity index (χ1v) is 14.4. The van der Waals surface area contributed by atoms with Crippen molar-refractivity contribution in [3.63, 3.8) is 0 Å². The highest BCUT2D eigenvalue weighted by Crippen LogP contribution is 2.45. The molecule has 3 aromatic rings. The Morgan fingerprint density at radius 3 is 2.23 bits per heavy atom. The molecule has 240 valence electrons. The van der Waals surface area contributed by atoms with Crippen molar-refractivity contribution < 1.29 is 50.0 Å². The molecule has 4 rings (SSSR count). The van der Waals surface area contributed by atoms with Crippen molar-refractivity contribution in [3.05, 3.63) is 71.7 Å². The number of rotatable bonds is 14. The number of aliphatic hydroxyl groups is 7. The smallest absolute Gasteiger partial charge is 0.305 e. The van der Waals surface area contributed by atoms with Gasteiger partial charge in [-0.25, -0.2) is 4.39 Å². The molecule has 1 saturated carbocycles. The van der Waals surface area contributed by atoms with Gasteiger partial charge in [0.25, 0.3) is 0 Å². The molecular weight excluding hydrogens is 575 g/mol. The van der Waals surface area contributed by atoms with Gasteiger partial charge < -0.3 is 46.2 Å². The Kier molecular flexibility index (Phi) is 13.3. The van der Waals surface area contributed by atoms with Gasteiger partial charge in [-0.2, -0.15) is 0 Å². The first-order chi connectivity index (χ1) is 21.0. The Balaban J connectivity index is 0.000000345. The van der Waals surface area contributed by atoms with Crippen LogP contribution in [0.15, 0.2) is 54.6 Å². The summed E-state index contributed by atoms with van der Waals surface area (Å²) in [6.45, 7) is -0.569. The summed E-state index contributed by atoms with van der Waals surface area (Å²) < 4.78 is 13.6. The Hall–Kier alpha value is -3.33. The van der Waals surface area contributed by atoms with Crippen LogP contribution in [0.4, 0.5) is 4.39 Å². The summed E-state index contributed by atoms with van der Waals surface area (Å²) in [6.07, 6.45) is -2.85. The molecule has 0 aliphatic heterocycles. The molecular formula is C32H41FN2O9. The maximum Gasteiger partial charge on any atom is 0.305 e. The molecule has 2 aromatic carbocycles. The van der Waals surface area contributed by atoms with E-state index in [-0.39, 0.29) is 18.8 Å². The zero-order valence-electron chi connectivity index (χ0n) is 24.4. The van der Waals surface area contributed by atoms with E-state index in [1.54, 1.807) is 31.3 Å². The second-order valence-corrected chi connectivity index (χ2v) is 10.9. The lowest BCUT2D eigenvalue weighted by Crippen LogP contribution is -2.48. The number of carboxylic acids is 1. The van der Waals surface area contributed by atoms with Crippen LogP contribution in [0, 0.1) is 5.82 Å². The number of benzene rings is 2. The number of hydrogen-bond donors (Lipinski definition) is 9. The van der Waals surface area contributed by atoms with E-state index >= 15 is 0 Å². The number of hydrogen-bond acceptors (Lipinski definition) is 10. The number of para-hydroxylation sites is 1. The van der Waals surface area contributed by atoms with Gasteiger partial charge in [0.2, 0.25) is 0 Å². The average molecular weight is 617 g/mol. The third kappa shape index (κ3) is 9.84. The fraction of sp³-hybridized carbons (Fsp3) is 0.438. The molecule has 1 fully saturated rings. The van der Waals surface area contributed by atoms with Crippen LogP contribution in [0.25, 0.3) is 28.1 Å². The van der Waals surface area contributed by atoms with Crippen LogP contribution >= 0.6 is 0 Å². The molecule has 0 amide bonds. The van der Waals surface area contributed by atoms with E-state index in [9.17, 15) is 24.5 Å². The van der Waals surface area contributed by atoms with Crippen LogP contribution in [-0.4, -0.2) is 109 Å². The molecule has 44 heavy (non-hydrogen) atoms. The van der Waals surface area contributed by atoms with Crippen molar-refractivity contribution in [2.45, 2.75) is 68.2 Å². The maximum absolute atomic E-state index is 13.6. The highest BCUT2D eigenvalue weighted by atomic mass is 19.1. The van der Waals surface area contributed by atoms with E-state index < -0.39 is 55.6 Å². The SMILES string of the molecule is CNC[C@H](O)[C@@H](O)[C@H](O)[C@H](O)CO.O=C(O)C[C@H](O)C[C@H](O)/C=C/c1c(C2CC2)nc2ccccc2c1-c1ccc(F)cc1. The topological polar surface area (TPSA) is 204 Å². The second-order valence-electron chi connectivity index (χ2n) is 10.9. The van der Waals surface area contributed by atoms with Crippen molar-refractivity contribution in [3.8, 4) is 11.1 Å². The summed E-state index contributed by atoms with van der Waals surface area (Å²) in [7, 11) is 1.57. The van der Waals surface area contributed by atoms with Crippen molar-refractivity contribution in [2.75, 3.05) is 20.2 Å². The van der Waals surface area contributed by atoms with Crippen LogP contribution in [0.3, 0.4) is 0 Å². The number of nitrogens with zero attached hydrogens (tertiary/aromatic N) is 1. The number of aliphatic carboxylic acids is 1. The molecule has 0 spiro atoms. The van der Waals surface area contributed by atoms with Gasteiger partial charge in [-0.1, -0.05) is 42.5 Å². The van der Waals surface area contributed by atoms with Gasteiger partial charge in [0.15, 0.2) is 0 Å². The summed E-state index contributed by atoms with van der Waals surface area (Å²) >= 11 is 0. The second kappa shape index (κ2) is 16.7. The highest BCUT2D eigenvalue weighted by Gasteiger charge is 2.30. The van der Waals surface area contributed by atoms with Gasteiger partial charge in [-0.3, -0.25) is 9.78 Å². The van der Waals surface area contributed by atoms with Crippen LogP contribution in [0.1, 0.15) is 42.9 Å². The Bertz CT molecular complexity index is 1380. The monoisotopic (exact) mass is 616 g/mol. The normalized spacial score (nSPS) is 17.4. The van der Waals surface area contributed by atoms with E-state index in [4.69, 9.17) is 30.5 Å². The molecule has 1 aliphatic carbocycles. The van der Waals surface area contributed by atoms with Gasteiger partial charge in [-0.15, -0.1) is 0 Å². The Morgan fingerprint density at radius 2 is 1.64 bits per heavy atom. The van der Waals surface area contributed by atoms with Gasteiger partial charge in [0.1, 0.15) is 24.1 Å². The minimum absolute atomic E-state index is 0.0749. The number of fused-ring (bicyclic) bond motifs is 1. The molecule has 6 atom stereocenters. The van der Waals surface area contributed by atoms with Crippen LogP contribution in [0.2, 0.25) is 0 Å². The quantitative estimate of drug-likeness (QED) is 0.126. The number of aromatic nitrogens is 1. The van der Waals surface area contributed by atoms with E-state index in [1.165, 1.54) is 12.1 Å². The fourth-order valence-electron chi connectivity index (χ4n) is 4.75. The van der Waals surface area contributed by atoms with E-state index in [1.807, 2.05) is 24.3 Å². The average Bonchev–Trinajstić information content (AvgIpc) is 3.84. The number of halogens is 1. The summed E-state index contributed by atoms with van der Waals surface area (Å²) in [5.74, 6) is -1.10. The van der Waals surface area contributed by atoms with Gasteiger partial charge >= 0.3 is 5.97 Å². The number of nitrogens with one attached hydrogen (secondary N) is 1. The maximum atomic E-state index is 13.6. The van der Waals surface area contributed by atoms with Crippen molar-refractivity contribution >= 4 is 22.9 Å². The largest absolute Gasteiger partial charge is 0.481 e. The summed E-state index contributed by atoms with van der Waals surface area (Å²) in [6, 6.07) is 14.1. The lowest BCUT2D eigenvalue weighted by atomic mass is 9.92. The highest BCUT2D eigenvalue weighted by molar-refractivity contribution is 5.99. The van der Waals surface area contributed by atoms with Gasteiger partial charge in [0, 0.05) is 35.4 Å². The zero-order chi connectivity index (χ0) is 32.4. The molecule has 11 nitrogen and oxygen atoms in total. The Labute approximate surface area is 254 Å². The lowest BCUT2D eigenvalue weighted by Gasteiger charge is -2.25. The predicted octanol–water partition coefficient (Wildman–Crippen LogP) is 1.16. The lowest BCUT2D eigenvalue weighted by molar-refractivity contribution is -0.139. The zero-order valence-corrected chi connectivity index (χ0v) is 24.4. The van der Waals surface area contributed by atoms with Crippen LogP contribution in [0.5, 0.6) is 0 Å². The molecule has 1 aromatic heterocycles. The number of pyridine rings is 1. The van der Waals surface area contributed by atoms with Crippen molar-refractivity contribution in [1.29, 1.82) is 0 Å². The molecule has 9 N–H and O–H groups in total. The van der Waals surface area contributed by atoms with E-state index in [0.717, 1.165) is 46.1 Å². The molecule has 1 aliphatic rings. The standard InChI is InChI=1S/C25H24FNO4.C7H17NO5/c26-17-9-7-15(8-10-17)24-20-3-1-2-4-22(20)27-25(16-5-6-16)21(24)12-11-18(28)13-19(29)14-23(30)31;1-8-2-4(10)6(12)7(13)5(11)3-9/h1-4,7-12,16,18-19,28-29H,5-6,13-14H2,(H,30,31);4-13H,2-3H2,1H3/b12-11+;/t18-,19-;4-,5+,6+,7+/m10/s1. The van der Waals surface area contributed by atoms with Crippen molar-refractivity contribution in [1.82, 2.24) is 10.3 Å². The number of aliphatic hydroxyl groups excluding tert-OH is 7. The first kappa shape index (κ1) is 35.2. The van der Waals surface area contributed by atoms with Crippen molar-refractivity contribution in [2.24, 2.45) is 0 Å². The summed E-state index contributed by atoms with van der Waals surface area (Å²) in [4.78, 5) is 15.6. The van der Waals surface area contributed by atoms with E-state index in [0.29, 0.717) is 5.92 Å². The molecule has 0 unspecified atom stereocenters. The number of likely N-dealkylation sites (N-methyl/N-ethyl adjacent to an activating group) is 1. The molecule has 12 heteroatoms.